The zero-order chi connectivity index (χ0) is 25.7. The summed E-state index contributed by atoms with van der Waals surface area (Å²) in [4.78, 5) is 3.78. The van der Waals surface area contributed by atoms with Crippen LogP contribution in [0.1, 0.15) is 135 Å². The first-order valence-corrected chi connectivity index (χ1v) is 16.0. The smallest absolute Gasteiger partial charge is 0.267 e. The number of rotatable bonds is 24. The zero-order valence-corrected chi connectivity index (χ0v) is 23.4. The third-order valence-electron chi connectivity index (χ3n) is 6.11. The second-order valence-electron chi connectivity index (χ2n) is 9.51. The van der Waals surface area contributed by atoms with Gasteiger partial charge >= 0.3 is 0 Å². The molecule has 0 radical (unpaired) electrons. The van der Waals surface area contributed by atoms with Crippen LogP contribution < -0.4 is 0 Å². The number of alkyl halides is 1. The monoisotopic (exact) mass is 515 g/mol. The number of pyridine rings is 1. The molecule has 206 valence electrons. The molecule has 0 aromatic carbocycles. The first kappa shape index (κ1) is 34.0. The van der Waals surface area contributed by atoms with Crippen LogP contribution in [0.4, 0.5) is 4.39 Å². The topological polar surface area (TPSA) is 56.3 Å². The van der Waals surface area contributed by atoms with Crippen LogP contribution in [0.3, 0.4) is 0 Å². The second kappa shape index (κ2) is 27.6. The summed E-state index contributed by atoms with van der Waals surface area (Å²) in [5.41, 5.74) is 0. The predicted octanol–water partition coefficient (Wildman–Crippen LogP) is 9.21. The Morgan fingerprint density at radius 1 is 0.600 bits per heavy atom. The molecule has 0 N–H and O–H groups in total. The maximum Gasteiger partial charge on any atom is 0.267 e. The van der Waals surface area contributed by atoms with Crippen LogP contribution in [0, 0.1) is 0 Å². The molecule has 0 aliphatic heterocycles. The highest BCUT2D eigenvalue weighted by molar-refractivity contribution is 7.86. The van der Waals surface area contributed by atoms with Crippen molar-refractivity contribution in [1.29, 1.82) is 0 Å². The molecule has 0 atom stereocenters. The Morgan fingerprint density at radius 3 is 1.43 bits per heavy atom. The van der Waals surface area contributed by atoms with E-state index in [9.17, 15) is 12.8 Å². The summed E-state index contributed by atoms with van der Waals surface area (Å²) in [6.45, 7) is 2.34. The molecule has 1 aromatic heterocycles. The highest BCUT2D eigenvalue weighted by atomic mass is 32.2. The first-order valence-electron chi connectivity index (χ1n) is 14.4. The summed E-state index contributed by atoms with van der Waals surface area (Å²) in [6.07, 6.45) is 26.6. The molecule has 4 nitrogen and oxygen atoms in total. The molecular weight excluding hydrogens is 461 g/mol. The molecule has 0 saturated carbocycles. The molecule has 1 aromatic rings. The van der Waals surface area contributed by atoms with Gasteiger partial charge in [-0.1, -0.05) is 122 Å². The van der Waals surface area contributed by atoms with Crippen molar-refractivity contribution in [2.24, 2.45) is 0 Å². The van der Waals surface area contributed by atoms with E-state index < -0.39 is 10.1 Å². The van der Waals surface area contributed by atoms with Crippen molar-refractivity contribution in [1.82, 2.24) is 4.98 Å². The molecule has 0 fully saturated rings. The summed E-state index contributed by atoms with van der Waals surface area (Å²) in [6, 6.07) is 5.72. The van der Waals surface area contributed by atoms with Crippen molar-refractivity contribution in [2.45, 2.75) is 135 Å². The third-order valence-corrected chi connectivity index (χ3v) is 7.42. The van der Waals surface area contributed by atoms with E-state index in [1.165, 1.54) is 77.0 Å². The van der Waals surface area contributed by atoms with Crippen molar-refractivity contribution in [2.75, 3.05) is 19.0 Å². The molecule has 0 unspecified atom stereocenters. The van der Waals surface area contributed by atoms with Crippen molar-refractivity contribution >= 4 is 10.1 Å². The van der Waals surface area contributed by atoms with E-state index in [0.29, 0.717) is 19.4 Å². The maximum atomic E-state index is 12.0. The normalized spacial score (nSPS) is 11.3. The number of aromatic nitrogens is 1. The van der Waals surface area contributed by atoms with Crippen LogP contribution in [0.15, 0.2) is 30.6 Å². The number of hydrogen-bond acceptors (Lipinski definition) is 4. The van der Waals surface area contributed by atoms with Crippen molar-refractivity contribution < 1.29 is 17.0 Å². The van der Waals surface area contributed by atoms with Gasteiger partial charge < -0.3 is 0 Å². The highest BCUT2D eigenvalue weighted by Gasteiger charge is 2.10. The Hall–Kier alpha value is -1.01. The number of halogens is 1. The van der Waals surface area contributed by atoms with Crippen LogP contribution in [0.25, 0.3) is 0 Å². The van der Waals surface area contributed by atoms with Crippen LogP contribution in [0.2, 0.25) is 0 Å². The lowest BCUT2D eigenvalue weighted by Gasteiger charge is -2.06. The van der Waals surface area contributed by atoms with E-state index in [-0.39, 0.29) is 12.4 Å². The molecule has 1 heterocycles. The molecule has 0 saturated heterocycles. The molecule has 0 aliphatic rings. The quantitative estimate of drug-likeness (QED) is 0.102. The second-order valence-corrected chi connectivity index (χ2v) is 11.3. The first-order chi connectivity index (χ1) is 17.1. The Labute approximate surface area is 217 Å². The van der Waals surface area contributed by atoms with E-state index >= 15 is 0 Å². The maximum absolute atomic E-state index is 12.0. The SMILES string of the molecule is CCCCCCCCCCCCCCCCOS(=O)(=O)CCCCCCCCF.c1ccncc1. The van der Waals surface area contributed by atoms with Gasteiger partial charge in [-0.05, 0) is 31.4 Å². The molecule has 0 aliphatic carbocycles. The van der Waals surface area contributed by atoms with E-state index in [2.05, 4.69) is 11.9 Å². The molecule has 35 heavy (non-hydrogen) atoms. The number of unbranched alkanes of at least 4 members (excludes halogenated alkanes) is 18. The average molecular weight is 516 g/mol. The fourth-order valence-corrected chi connectivity index (χ4v) is 4.98. The van der Waals surface area contributed by atoms with Gasteiger partial charge in [-0.3, -0.25) is 13.6 Å². The Morgan fingerprint density at radius 2 is 1.03 bits per heavy atom. The number of hydrogen-bond donors (Lipinski definition) is 0. The zero-order valence-electron chi connectivity index (χ0n) is 22.6. The van der Waals surface area contributed by atoms with Gasteiger partial charge in [-0.2, -0.15) is 8.42 Å². The minimum atomic E-state index is -3.36. The van der Waals surface area contributed by atoms with Crippen molar-refractivity contribution in [3.8, 4) is 0 Å². The van der Waals surface area contributed by atoms with Crippen molar-refractivity contribution in [3.05, 3.63) is 30.6 Å². The van der Waals surface area contributed by atoms with E-state index in [0.717, 1.165) is 38.5 Å². The van der Waals surface area contributed by atoms with E-state index in [4.69, 9.17) is 4.18 Å². The highest BCUT2D eigenvalue weighted by Crippen LogP contribution is 2.13. The Bertz CT molecular complexity index is 587. The molecular formula is C29H54FNO3S. The number of nitrogens with zero attached hydrogens (tertiary/aromatic N) is 1. The predicted molar refractivity (Wildman–Crippen MR) is 148 cm³/mol. The third kappa shape index (κ3) is 29.1. The fraction of sp³-hybridized carbons (Fsp3) is 0.828. The minimum Gasteiger partial charge on any atom is -0.270 e. The lowest BCUT2D eigenvalue weighted by Crippen LogP contribution is -2.11. The standard InChI is InChI=1S/C24H49FO3S.C5H5N/c1-2-3-4-5-6-7-8-9-10-11-12-14-17-20-23-28-29(26,27)24-21-18-15-13-16-19-22-25;1-2-4-6-5-3-1/h2-24H2,1H3;1-5H. The van der Waals surface area contributed by atoms with Crippen LogP contribution in [-0.4, -0.2) is 32.4 Å². The van der Waals surface area contributed by atoms with E-state index in [1.54, 1.807) is 12.4 Å². The minimum absolute atomic E-state index is 0.120. The summed E-state index contributed by atoms with van der Waals surface area (Å²) in [5, 5.41) is 0. The summed E-state index contributed by atoms with van der Waals surface area (Å²) >= 11 is 0. The van der Waals surface area contributed by atoms with Crippen LogP contribution in [-0.2, 0) is 14.3 Å². The van der Waals surface area contributed by atoms with Gasteiger partial charge in [0.05, 0.1) is 19.0 Å². The molecule has 0 spiro atoms. The lowest BCUT2D eigenvalue weighted by molar-refractivity contribution is 0.305. The van der Waals surface area contributed by atoms with Crippen molar-refractivity contribution in [3.63, 3.8) is 0 Å². The molecule has 0 amide bonds. The summed E-state index contributed by atoms with van der Waals surface area (Å²) < 4.78 is 40.7. The van der Waals surface area contributed by atoms with Crippen LogP contribution in [0.5, 0.6) is 0 Å². The lowest BCUT2D eigenvalue weighted by atomic mass is 10.0. The van der Waals surface area contributed by atoms with Gasteiger partial charge in [-0.15, -0.1) is 0 Å². The van der Waals surface area contributed by atoms with Crippen LogP contribution >= 0.6 is 0 Å². The van der Waals surface area contributed by atoms with Gasteiger partial charge in [0.25, 0.3) is 10.1 Å². The Balaban J connectivity index is 0.00000166. The molecule has 0 bridgehead atoms. The van der Waals surface area contributed by atoms with Gasteiger partial charge in [0, 0.05) is 12.4 Å². The molecule has 1 rings (SSSR count). The average Bonchev–Trinajstić information content (AvgIpc) is 2.87. The summed E-state index contributed by atoms with van der Waals surface area (Å²) in [5.74, 6) is 0.120. The summed E-state index contributed by atoms with van der Waals surface area (Å²) in [7, 11) is -3.36. The van der Waals surface area contributed by atoms with Gasteiger partial charge in [-0.25, -0.2) is 0 Å². The van der Waals surface area contributed by atoms with E-state index in [1.807, 2.05) is 18.2 Å². The fourth-order valence-electron chi connectivity index (χ4n) is 3.93. The van der Waals surface area contributed by atoms with Gasteiger partial charge in [0.2, 0.25) is 0 Å². The Kier molecular flexibility index (Phi) is 26.8. The largest absolute Gasteiger partial charge is 0.270 e. The van der Waals surface area contributed by atoms with Gasteiger partial charge in [0.1, 0.15) is 0 Å². The van der Waals surface area contributed by atoms with Gasteiger partial charge in [0.15, 0.2) is 0 Å². The molecule has 6 heteroatoms.